The molecule has 6 nitrogen and oxygen atoms in total. The molecule has 1 fully saturated rings. The molecule has 1 saturated heterocycles. The van der Waals surface area contributed by atoms with Gasteiger partial charge in [-0.25, -0.2) is 4.98 Å². The number of carbonyl (C=O) groups is 1. The highest BCUT2D eigenvalue weighted by Gasteiger charge is 2.31. The Morgan fingerprint density at radius 3 is 2.79 bits per heavy atom. The van der Waals surface area contributed by atoms with Gasteiger partial charge in [-0.1, -0.05) is 30.3 Å². The molecular formula is C17H22ClN3O3. The molecule has 1 amide bonds. The largest absolute Gasteiger partial charge is 0.438 e. The fourth-order valence-electron chi connectivity index (χ4n) is 2.66. The van der Waals surface area contributed by atoms with E-state index >= 15 is 0 Å². The number of aromatic nitrogens is 1. The first-order valence-electron chi connectivity index (χ1n) is 7.84. The zero-order valence-electron chi connectivity index (χ0n) is 13.5. The Balaban J connectivity index is 0.00000208. The van der Waals surface area contributed by atoms with Crippen LogP contribution in [-0.2, 0) is 9.53 Å². The summed E-state index contributed by atoms with van der Waals surface area (Å²) in [6.07, 6.45) is 2.73. The standard InChI is InChI=1S/C17H21N3O3.ClH/c1-11(20-16(21)14-8-7-13(9-18)22-14)17-19-10-15(23-17)12-5-3-2-4-6-12;/h2-6,10-11,13-14H,7-9,18H2,1H3,(H,20,21);1H/t11?,13-,14+;/m1./s1. The number of rotatable bonds is 5. The van der Waals surface area contributed by atoms with Crippen molar-refractivity contribution >= 4 is 18.3 Å². The van der Waals surface area contributed by atoms with E-state index in [9.17, 15) is 4.79 Å². The minimum Gasteiger partial charge on any atom is -0.438 e. The van der Waals surface area contributed by atoms with Gasteiger partial charge in [0.05, 0.1) is 12.3 Å². The Kier molecular flexibility index (Phi) is 6.36. The molecule has 1 aliphatic rings. The summed E-state index contributed by atoms with van der Waals surface area (Å²) in [5.74, 6) is 1.01. The first-order chi connectivity index (χ1) is 11.2. The summed E-state index contributed by atoms with van der Waals surface area (Å²) in [6.45, 7) is 2.29. The molecular weight excluding hydrogens is 330 g/mol. The molecule has 1 unspecified atom stereocenters. The van der Waals surface area contributed by atoms with Crippen molar-refractivity contribution < 1.29 is 13.9 Å². The summed E-state index contributed by atoms with van der Waals surface area (Å²) in [4.78, 5) is 16.5. The molecule has 0 radical (unpaired) electrons. The van der Waals surface area contributed by atoms with Crippen LogP contribution in [0, 0.1) is 0 Å². The van der Waals surface area contributed by atoms with Gasteiger partial charge in [0, 0.05) is 12.1 Å². The van der Waals surface area contributed by atoms with Crippen molar-refractivity contribution in [3.63, 3.8) is 0 Å². The molecule has 24 heavy (non-hydrogen) atoms. The van der Waals surface area contributed by atoms with E-state index in [0.29, 0.717) is 24.6 Å². The predicted octanol–water partition coefficient (Wildman–Crippen LogP) is 2.45. The third-order valence-corrected chi connectivity index (χ3v) is 3.97. The van der Waals surface area contributed by atoms with Crippen LogP contribution in [0.1, 0.15) is 31.7 Å². The average molecular weight is 352 g/mol. The van der Waals surface area contributed by atoms with Gasteiger partial charge in [-0.05, 0) is 19.8 Å². The lowest BCUT2D eigenvalue weighted by atomic mass is 10.2. The zero-order chi connectivity index (χ0) is 16.2. The predicted molar refractivity (Wildman–Crippen MR) is 92.7 cm³/mol. The van der Waals surface area contributed by atoms with E-state index in [0.717, 1.165) is 12.0 Å². The van der Waals surface area contributed by atoms with Crippen LogP contribution in [0.15, 0.2) is 40.9 Å². The van der Waals surface area contributed by atoms with Crippen molar-refractivity contribution in [2.24, 2.45) is 5.73 Å². The second-order valence-electron chi connectivity index (χ2n) is 5.72. The van der Waals surface area contributed by atoms with Crippen molar-refractivity contribution in [3.8, 4) is 11.3 Å². The maximum Gasteiger partial charge on any atom is 0.249 e. The van der Waals surface area contributed by atoms with E-state index in [4.69, 9.17) is 14.9 Å². The Morgan fingerprint density at radius 1 is 1.38 bits per heavy atom. The van der Waals surface area contributed by atoms with Crippen LogP contribution >= 0.6 is 12.4 Å². The first-order valence-corrected chi connectivity index (χ1v) is 7.84. The molecule has 3 N–H and O–H groups in total. The summed E-state index contributed by atoms with van der Waals surface area (Å²) in [5.41, 5.74) is 6.52. The number of nitrogens with two attached hydrogens (primary N) is 1. The maximum absolute atomic E-state index is 12.2. The Morgan fingerprint density at radius 2 is 2.12 bits per heavy atom. The number of carbonyl (C=O) groups excluding carboxylic acids is 1. The van der Waals surface area contributed by atoms with Crippen LogP contribution in [-0.4, -0.2) is 29.6 Å². The van der Waals surface area contributed by atoms with Gasteiger partial charge in [0.25, 0.3) is 0 Å². The van der Waals surface area contributed by atoms with E-state index in [1.165, 1.54) is 0 Å². The summed E-state index contributed by atoms with van der Waals surface area (Å²) >= 11 is 0. The number of oxazole rings is 1. The number of nitrogens with zero attached hydrogens (tertiary/aromatic N) is 1. The normalized spacial score (nSPS) is 21.1. The summed E-state index contributed by atoms with van der Waals surface area (Å²) < 4.78 is 11.3. The molecule has 3 atom stereocenters. The van der Waals surface area contributed by atoms with E-state index in [1.807, 2.05) is 37.3 Å². The van der Waals surface area contributed by atoms with E-state index < -0.39 is 6.10 Å². The number of hydrogen-bond acceptors (Lipinski definition) is 5. The highest BCUT2D eigenvalue weighted by atomic mass is 35.5. The highest BCUT2D eigenvalue weighted by molar-refractivity contribution is 5.85. The molecule has 1 aromatic carbocycles. The van der Waals surface area contributed by atoms with Gasteiger partial charge in [-0.15, -0.1) is 12.4 Å². The Labute approximate surface area is 147 Å². The number of hydrogen-bond donors (Lipinski definition) is 2. The second kappa shape index (κ2) is 8.28. The van der Waals surface area contributed by atoms with Gasteiger partial charge in [0.1, 0.15) is 12.1 Å². The van der Waals surface area contributed by atoms with Crippen LogP contribution in [0.4, 0.5) is 0 Å². The quantitative estimate of drug-likeness (QED) is 0.863. The summed E-state index contributed by atoms with van der Waals surface area (Å²) in [5, 5.41) is 2.89. The lowest BCUT2D eigenvalue weighted by Gasteiger charge is -2.15. The number of ether oxygens (including phenoxy) is 1. The smallest absolute Gasteiger partial charge is 0.249 e. The molecule has 2 aromatic rings. The van der Waals surface area contributed by atoms with Gasteiger partial charge in [0.15, 0.2) is 5.76 Å². The van der Waals surface area contributed by atoms with Gasteiger partial charge >= 0.3 is 0 Å². The molecule has 0 bridgehead atoms. The monoisotopic (exact) mass is 351 g/mol. The highest BCUT2D eigenvalue weighted by Crippen LogP contribution is 2.24. The van der Waals surface area contributed by atoms with E-state index in [1.54, 1.807) is 6.20 Å². The fourth-order valence-corrected chi connectivity index (χ4v) is 2.66. The number of amides is 1. The van der Waals surface area contributed by atoms with Crippen molar-refractivity contribution in [1.29, 1.82) is 0 Å². The molecule has 130 valence electrons. The lowest BCUT2D eigenvalue weighted by Crippen LogP contribution is -2.37. The second-order valence-corrected chi connectivity index (χ2v) is 5.72. The Hall–Kier alpha value is -1.89. The number of halogens is 1. The van der Waals surface area contributed by atoms with Crippen LogP contribution in [0.3, 0.4) is 0 Å². The molecule has 3 rings (SSSR count). The molecule has 0 saturated carbocycles. The van der Waals surface area contributed by atoms with E-state index in [-0.39, 0.29) is 30.5 Å². The van der Waals surface area contributed by atoms with Crippen molar-refractivity contribution in [2.75, 3.05) is 6.54 Å². The van der Waals surface area contributed by atoms with Gasteiger partial charge in [0.2, 0.25) is 11.8 Å². The van der Waals surface area contributed by atoms with Crippen molar-refractivity contribution in [1.82, 2.24) is 10.3 Å². The van der Waals surface area contributed by atoms with Crippen LogP contribution in [0.5, 0.6) is 0 Å². The van der Waals surface area contributed by atoms with Gasteiger partial charge in [-0.2, -0.15) is 0 Å². The summed E-state index contributed by atoms with van der Waals surface area (Å²) in [7, 11) is 0. The molecule has 0 spiro atoms. The SMILES string of the molecule is CC(NC(=O)[C@@H]1CC[C@H](CN)O1)c1ncc(-c2ccccc2)o1.Cl. The fraction of sp³-hybridized carbons (Fsp3) is 0.412. The van der Waals surface area contributed by atoms with Crippen LogP contribution < -0.4 is 11.1 Å². The zero-order valence-corrected chi connectivity index (χ0v) is 14.3. The minimum atomic E-state index is -0.436. The van der Waals surface area contributed by atoms with Gasteiger partial charge in [-0.3, -0.25) is 4.79 Å². The van der Waals surface area contributed by atoms with Crippen LogP contribution in [0.25, 0.3) is 11.3 Å². The summed E-state index contributed by atoms with van der Waals surface area (Å²) in [6, 6.07) is 9.40. The molecule has 7 heteroatoms. The van der Waals surface area contributed by atoms with Crippen molar-refractivity contribution in [2.45, 2.75) is 38.0 Å². The van der Waals surface area contributed by atoms with Crippen molar-refractivity contribution in [3.05, 3.63) is 42.4 Å². The first kappa shape index (κ1) is 18.4. The van der Waals surface area contributed by atoms with Crippen LogP contribution in [0.2, 0.25) is 0 Å². The Bertz CT molecular complexity index is 662. The molecule has 1 aromatic heterocycles. The molecule has 2 heterocycles. The number of nitrogens with one attached hydrogen (secondary N) is 1. The van der Waals surface area contributed by atoms with Gasteiger partial charge < -0.3 is 20.2 Å². The average Bonchev–Trinajstić information content (AvgIpc) is 3.25. The van der Waals surface area contributed by atoms with E-state index in [2.05, 4.69) is 10.3 Å². The molecule has 0 aliphatic carbocycles. The maximum atomic E-state index is 12.2. The lowest BCUT2D eigenvalue weighted by molar-refractivity contribution is -0.132. The third kappa shape index (κ3) is 4.14. The molecule has 1 aliphatic heterocycles. The minimum absolute atomic E-state index is 0. The third-order valence-electron chi connectivity index (χ3n) is 3.97. The topological polar surface area (TPSA) is 90.4 Å². The number of benzene rings is 1.